The number of allylic oxidation sites excluding steroid dienone is 7. The number of carbonyl (C=O) groups is 1. The monoisotopic (exact) mass is 544 g/mol. The summed E-state index contributed by atoms with van der Waals surface area (Å²) in [6.07, 6.45) is 21.6. The molecule has 210 valence electrons. The molecule has 1 aliphatic heterocycles. The van der Waals surface area contributed by atoms with E-state index < -0.39 is 0 Å². The number of rotatable bonds is 10. The van der Waals surface area contributed by atoms with Crippen molar-refractivity contribution in [2.24, 2.45) is 18.4 Å². The summed E-state index contributed by atoms with van der Waals surface area (Å²) in [5.74, 6) is 1.56. The summed E-state index contributed by atoms with van der Waals surface area (Å²) in [7, 11) is 2.11. The number of nitrogens with one attached hydrogen (secondary N) is 1. The van der Waals surface area contributed by atoms with Gasteiger partial charge >= 0.3 is 0 Å². The van der Waals surface area contributed by atoms with E-state index >= 15 is 0 Å². The maximum Gasteiger partial charge on any atom is 0.140 e. The zero-order valence-corrected chi connectivity index (χ0v) is 24.3. The lowest BCUT2D eigenvalue weighted by molar-refractivity contribution is -0.132. The number of Topliss-reactive ketones (excluding diaryl/α,β-unsaturated/α-hetero) is 1. The van der Waals surface area contributed by atoms with E-state index in [1.807, 2.05) is 18.2 Å². The highest BCUT2D eigenvalue weighted by atomic mass is 16.5. The Kier molecular flexibility index (Phi) is 7.46. The quantitative estimate of drug-likeness (QED) is 0.143. The fraction of sp³-hybridized carbons (Fsp3) is 0.351. The summed E-state index contributed by atoms with van der Waals surface area (Å²) in [4.78, 5) is 12.8. The van der Waals surface area contributed by atoms with Gasteiger partial charge in [-0.15, -0.1) is 12.3 Å². The first-order valence-corrected chi connectivity index (χ1v) is 14.8. The van der Waals surface area contributed by atoms with Crippen molar-refractivity contribution in [3.8, 4) is 0 Å². The number of hydrogen-bond donors (Lipinski definition) is 1. The molecule has 2 fully saturated rings. The van der Waals surface area contributed by atoms with Gasteiger partial charge in [-0.05, 0) is 72.3 Å². The Hall–Kier alpha value is -3.85. The molecule has 1 saturated heterocycles. The Morgan fingerprint density at radius 2 is 2.05 bits per heavy atom. The third-order valence-electron chi connectivity index (χ3n) is 9.26. The number of hydrogen-bond acceptors (Lipinski definition) is 3. The van der Waals surface area contributed by atoms with E-state index in [-0.39, 0.29) is 12.0 Å². The van der Waals surface area contributed by atoms with Crippen LogP contribution in [0.4, 0.5) is 0 Å². The smallest absolute Gasteiger partial charge is 0.140 e. The van der Waals surface area contributed by atoms with Gasteiger partial charge in [-0.3, -0.25) is 4.79 Å². The number of ether oxygens (including phenoxy) is 1. The standard InChI is InChI=1S/C37H40N2O2/c1-5-7-30(41-31-13-10-26(18-31)19-36(40)29-21-37(22-29)23-38-24-37)14-11-27(6-2)28-12-16-33-32-15-8-25(3)9-17-34(32)39(4)35(33)20-28/h5-6,9-12,14-17,20,29,31,38H,1-2,7,13,18-19,21-24H2,3-4H3/b27-11+,30-14+. The molecule has 4 heteroatoms. The number of aryl methyl sites for hydroxylation is 1. The van der Waals surface area contributed by atoms with Crippen LogP contribution in [-0.2, 0) is 16.6 Å². The zero-order valence-electron chi connectivity index (χ0n) is 24.3. The number of fused-ring (bicyclic) bond motifs is 3. The lowest BCUT2D eigenvalue weighted by atomic mass is 9.57. The number of ketones is 1. The maximum atomic E-state index is 12.8. The highest BCUT2D eigenvalue weighted by molar-refractivity contribution is 5.96. The van der Waals surface area contributed by atoms with Crippen molar-refractivity contribution in [2.75, 3.05) is 13.1 Å². The van der Waals surface area contributed by atoms with Gasteiger partial charge in [0.2, 0.25) is 0 Å². The lowest BCUT2D eigenvalue weighted by Gasteiger charge is -2.54. The summed E-state index contributed by atoms with van der Waals surface area (Å²) < 4.78 is 8.68. The van der Waals surface area contributed by atoms with Gasteiger partial charge in [0, 0.05) is 73.9 Å². The number of nitrogens with zero attached hydrogens (tertiary/aromatic N) is 1. The topological polar surface area (TPSA) is 43.3 Å². The first-order valence-electron chi connectivity index (χ1n) is 14.8. The minimum absolute atomic E-state index is 0.0714. The molecular formula is C37H40N2O2. The predicted molar refractivity (Wildman–Crippen MR) is 170 cm³/mol. The summed E-state index contributed by atoms with van der Waals surface area (Å²) >= 11 is 0. The van der Waals surface area contributed by atoms with Crippen LogP contribution < -0.4 is 5.32 Å². The minimum Gasteiger partial charge on any atom is -0.494 e. The van der Waals surface area contributed by atoms with Crippen molar-refractivity contribution in [3.05, 3.63) is 107 Å². The maximum absolute atomic E-state index is 12.8. The van der Waals surface area contributed by atoms with Crippen molar-refractivity contribution in [3.63, 3.8) is 0 Å². The van der Waals surface area contributed by atoms with Gasteiger partial charge in [0.25, 0.3) is 0 Å². The Morgan fingerprint density at radius 1 is 1.22 bits per heavy atom. The van der Waals surface area contributed by atoms with E-state index in [1.54, 1.807) is 0 Å². The van der Waals surface area contributed by atoms with Crippen LogP contribution >= 0.6 is 0 Å². The second-order valence-corrected chi connectivity index (χ2v) is 12.2. The molecule has 1 saturated carbocycles. The minimum atomic E-state index is 0.0714. The van der Waals surface area contributed by atoms with Crippen molar-refractivity contribution in [2.45, 2.75) is 51.6 Å². The van der Waals surface area contributed by atoms with Gasteiger partial charge < -0.3 is 14.6 Å². The van der Waals surface area contributed by atoms with Crippen molar-refractivity contribution >= 4 is 34.4 Å². The summed E-state index contributed by atoms with van der Waals surface area (Å²) in [6, 6.07) is 6.58. The number of benzene rings is 1. The highest BCUT2D eigenvalue weighted by Crippen LogP contribution is 2.49. The van der Waals surface area contributed by atoms with Crippen LogP contribution in [0.25, 0.3) is 28.6 Å². The normalized spacial score (nSPS) is 21.6. The summed E-state index contributed by atoms with van der Waals surface area (Å²) in [5, 5.41) is 4.57. The molecule has 1 N–H and O–H groups in total. The molecular weight excluding hydrogens is 504 g/mol. The molecule has 0 amide bonds. The Balaban J connectivity index is 1.13. The largest absolute Gasteiger partial charge is 0.494 e. The van der Waals surface area contributed by atoms with Crippen molar-refractivity contribution < 1.29 is 9.53 Å². The molecule has 4 nitrogen and oxygen atoms in total. The van der Waals surface area contributed by atoms with Crippen LogP contribution in [0.2, 0.25) is 0 Å². The highest BCUT2D eigenvalue weighted by Gasteiger charge is 2.50. The van der Waals surface area contributed by atoms with Crippen molar-refractivity contribution in [1.82, 2.24) is 9.88 Å². The van der Waals surface area contributed by atoms with Crippen LogP contribution in [0.3, 0.4) is 0 Å². The van der Waals surface area contributed by atoms with E-state index in [0.717, 1.165) is 61.2 Å². The second kappa shape index (κ2) is 11.2. The van der Waals surface area contributed by atoms with Crippen LogP contribution in [0.5, 0.6) is 0 Å². The van der Waals surface area contributed by atoms with E-state index in [9.17, 15) is 4.79 Å². The number of aromatic nitrogens is 1. The molecule has 1 aromatic heterocycles. The van der Waals surface area contributed by atoms with Crippen LogP contribution in [0.15, 0.2) is 90.4 Å². The number of carbonyl (C=O) groups excluding carboxylic acids is 1. The first-order chi connectivity index (χ1) is 19.9. The SMILES string of the molecule is C=CC/C(=C\C=C(/C=C)c1ccc2c3c(n(C)c2c1)C=CC(C)=C=C3)OC1CC=C(CC(=O)C2CC3(CNC3)C2)C1. The molecule has 4 aliphatic rings. The van der Waals surface area contributed by atoms with E-state index in [2.05, 4.69) is 91.3 Å². The van der Waals surface area contributed by atoms with Gasteiger partial charge in [0.1, 0.15) is 17.6 Å². The van der Waals surface area contributed by atoms with E-state index in [4.69, 9.17) is 4.74 Å². The third kappa shape index (κ3) is 5.43. The average Bonchev–Trinajstić information content (AvgIpc) is 3.38. The zero-order chi connectivity index (χ0) is 28.6. The molecule has 2 aromatic rings. The van der Waals surface area contributed by atoms with Gasteiger partial charge in [-0.2, -0.15) is 0 Å². The van der Waals surface area contributed by atoms with Gasteiger partial charge in [0.15, 0.2) is 0 Å². The van der Waals surface area contributed by atoms with Crippen LogP contribution in [0.1, 0.15) is 62.3 Å². The lowest BCUT2D eigenvalue weighted by Crippen LogP contribution is -2.61. The van der Waals surface area contributed by atoms with Crippen LogP contribution in [0, 0.1) is 11.3 Å². The predicted octanol–water partition coefficient (Wildman–Crippen LogP) is 7.86. The molecule has 41 heavy (non-hydrogen) atoms. The molecule has 1 atom stereocenters. The van der Waals surface area contributed by atoms with E-state index in [0.29, 0.717) is 24.0 Å². The van der Waals surface area contributed by atoms with Gasteiger partial charge in [-0.25, -0.2) is 0 Å². The van der Waals surface area contributed by atoms with E-state index in [1.165, 1.54) is 27.7 Å². The Bertz CT molecular complexity index is 1600. The fourth-order valence-corrected chi connectivity index (χ4v) is 6.77. The second-order valence-electron chi connectivity index (χ2n) is 12.2. The molecule has 6 rings (SSSR count). The van der Waals surface area contributed by atoms with Gasteiger partial charge in [0.05, 0.1) is 0 Å². The van der Waals surface area contributed by atoms with Gasteiger partial charge in [-0.1, -0.05) is 48.6 Å². The molecule has 0 bridgehead atoms. The molecule has 1 aromatic carbocycles. The average molecular weight is 545 g/mol. The fourth-order valence-electron chi connectivity index (χ4n) is 6.77. The molecule has 2 heterocycles. The molecule has 3 aliphatic carbocycles. The van der Waals surface area contributed by atoms with Crippen LogP contribution in [-0.4, -0.2) is 29.5 Å². The Labute approximate surface area is 243 Å². The molecule has 1 unspecified atom stereocenters. The van der Waals surface area contributed by atoms with Crippen molar-refractivity contribution in [1.29, 1.82) is 0 Å². The molecule has 1 spiro atoms. The Morgan fingerprint density at radius 3 is 2.78 bits per heavy atom. The molecule has 0 radical (unpaired) electrons. The summed E-state index contributed by atoms with van der Waals surface area (Å²) in [6.45, 7) is 12.3. The first kappa shape index (κ1) is 27.3. The summed E-state index contributed by atoms with van der Waals surface area (Å²) in [5.41, 5.74) is 11.9. The third-order valence-corrected chi connectivity index (χ3v) is 9.26.